The van der Waals surface area contributed by atoms with Crippen molar-refractivity contribution in [2.24, 2.45) is 5.92 Å². The Morgan fingerprint density at radius 1 is 1.18 bits per heavy atom. The fourth-order valence-corrected chi connectivity index (χ4v) is 4.18. The number of halogens is 1. The summed E-state index contributed by atoms with van der Waals surface area (Å²) in [6, 6.07) is 16.7. The average molecular weight is 329 g/mol. The van der Waals surface area contributed by atoms with E-state index in [0.717, 1.165) is 15.8 Å². The van der Waals surface area contributed by atoms with Crippen LogP contribution in [0.2, 0.25) is 5.02 Å². The van der Waals surface area contributed by atoms with E-state index in [2.05, 4.69) is 53.7 Å². The van der Waals surface area contributed by atoms with Gasteiger partial charge in [0.05, 0.1) is 5.54 Å². The first-order valence-corrected chi connectivity index (χ1v) is 8.33. The number of hydrogen-bond donors (Lipinski definition) is 1. The molecule has 0 bridgehead atoms. The summed E-state index contributed by atoms with van der Waals surface area (Å²) in [6.45, 7) is 0. The summed E-state index contributed by atoms with van der Waals surface area (Å²) in [6.07, 6.45) is 2.43. The minimum atomic E-state index is -0.218. The maximum absolute atomic E-state index is 6.32. The van der Waals surface area contributed by atoms with Crippen LogP contribution < -0.4 is 5.32 Å². The molecule has 1 fully saturated rings. The van der Waals surface area contributed by atoms with Crippen molar-refractivity contribution in [1.82, 2.24) is 4.90 Å². The Morgan fingerprint density at radius 3 is 2.59 bits per heavy atom. The van der Waals surface area contributed by atoms with Gasteiger partial charge in [0.1, 0.15) is 0 Å². The fraction of sp³-hybridized carbons (Fsp3) is 0.278. The van der Waals surface area contributed by atoms with Crippen molar-refractivity contribution in [3.8, 4) is 0 Å². The van der Waals surface area contributed by atoms with Gasteiger partial charge in [0.25, 0.3) is 0 Å². The molecule has 0 radical (unpaired) electrons. The molecule has 1 aliphatic carbocycles. The molecule has 1 aliphatic heterocycles. The lowest BCUT2D eigenvalue weighted by Gasteiger charge is -2.49. The van der Waals surface area contributed by atoms with Gasteiger partial charge in [0.2, 0.25) is 0 Å². The van der Waals surface area contributed by atoms with Gasteiger partial charge < -0.3 is 10.2 Å². The highest BCUT2D eigenvalue weighted by Gasteiger charge is 2.54. The van der Waals surface area contributed by atoms with Gasteiger partial charge in [-0.3, -0.25) is 0 Å². The molecule has 22 heavy (non-hydrogen) atoms. The maximum atomic E-state index is 6.32. The van der Waals surface area contributed by atoms with Gasteiger partial charge in [0, 0.05) is 23.3 Å². The van der Waals surface area contributed by atoms with Gasteiger partial charge in [-0.2, -0.15) is 0 Å². The van der Waals surface area contributed by atoms with Crippen molar-refractivity contribution in [3.05, 3.63) is 64.7 Å². The number of nitrogens with one attached hydrogen (secondary N) is 1. The predicted molar refractivity (Wildman–Crippen MR) is 95.4 cm³/mol. The van der Waals surface area contributed by atoms with E-state index in [1.807, 2.05) is 12.1 Å². The quantitative estimate of drug-likeness (QED) is 0.809. The third-order valence-corrected chi connectivity index (χ3v) is 5.46. The lowest BCUT2D eigenvalue weighted by atomic mass is 9.75. The zero-order valence-corrected chi connectivity index (χ0v) is 13.9. The van der Waals surface area contributed by atoms with E-state index in [9.17, 15) is 0 Å². The monoisotopic (exact) mass is 328 g/mol. The largest absolute Gasteiger partial charge is 0.338 e. The molecular formula is C18H17ClN2S. The van der Waals surface area contributed by atoms with E-state index in [4.69, 9.17) is 23.8 Å². The third-order valence-electron chi connectivity index (χ3n) is 4.85. The predicted octanol–water partition coefficient (Wildman–Crippen LogP) is 4.64. The Hall–Kier alpha value is -1.58. The van der Waals surface area contributed by atoms with Crippen molar-refractivity contribution >= 4 is 34.6 Å². The highest BCUT2D eigenvalue weighted by molar-refractivity contribution is 7.80. The Labute approximate surface area is 141 Å². The summed E-state index contributed by atoms with van der Waals surface area (Å²) in [4.78, 5) is 2.22. The second-order valence-corrected chi connectivity index (χ2v) is 6.91. The third kappa shape index (κ3) is 1.89. The molecule has 2 aromatic carbocycles. The standard InChI is InChI=1S/C18H17ClN2S/c1-21-17(22)20-16-10-9-14(19)11-15(16)18(21,13-7-8-13)12-5-3-2-4-6-12/h2-6,9-11,13H,7-8H2,1H3,(H,20,22). The van der Waals surface area contributed by atoms with Crippen LogP contribution in [0.3, 0.4) is 0 Å². The molecule has 1 heterocycles. The molecule has 0 aromatic heterocycles. The van der Waals surface area contributed by atoms with Crippen LogP contribution in [0.25, 0.3) is 0 Å². The van der Waals surface area contributed by atoms with Gasteiger partial charge in [-0.15, -0.1) is 0 Å². The normalized spacial score (nSPS) is 23.9. The van der Waals surface area contributed by atoms with E-state index in [1.165, 1.54) is 24.0 Å². The molecular weight excluding hydrogens is 312 g/mol. The SMILES string of the molecule is CN1C(=S)Nc2ccc(Cl)cc2C1(c1ccccc1)C1CC1. The summed E-state index contributed by atoms with van der Waals surface area (Å²) in [5.74, 6) is 0.567. The number of hydrogen-bond acceptors (Lipinski definition) is 1. The molecule has 2 aliphatic rings. The van der Waals surface area contributed by atoms with Gasteiger partial charge >= 0.3 is 0 Å². The summed E-state index contributed by atoms with van der Waals surface area (Å²) >= 11 is 11.9. The molecule has 112 valence electrons. The van der Waals surface area contributed by atoms with Crippen LogP contribution in [0.15, 0.2) is 48.5 Å². The van der Waals surface area contributed by atoms with E-state index < -0.39 is 0 Å². The van der Waals surface area contributed by atoms with Crippen LogP contribution in [0.5, 0.6) is 0 Å². The lowest BCUT2D eigenvalue weighted by molar-refractivity contribution is 0.223. The minimum Gasteiger partial charge on any atom is -0.338 e. The Morgan fingerprint density at radius 2 is 1.91 bits per heavy atom. The average Bonchev–Trinajstić information content (AvgIpc) is 3.36. The minimum absolute atomic E-state index is 0.218. The number of thiocarbonyl (C=S) groups is 1. The van der Waals surface area contributed by atoms with Crippen LogP contribution in [0.1, 0.15) is 24.0 Å². The molecule has 0 amide bonds. The maximum Gasteiger partial charge on any atom is 0.174 e. The van der Waals surface area contributed by atoms with Crippen LogP contribution in [0, 0.1) is 5.92 Å². The smallest absolute Gasteiger partial charge is 0.174 e. The number of rotatable bonds is 2. The zero-order chi connectivity index (χ0) is 15.3. The van der Waals surface area contributed by atoms with Crippen molar-refractivity contribution in [2.45, 2.75) is 18.4 Å². The van der Waals surface area contributed by atoms with Crippen molar-refractivity contribution in [2.75, 3.05) is 12.4 Å². The van der Waals surface area contributed by atoms with E-state index >= 15 is 0 Å². The van der Waals surface area contributed by atoms with Gasteiger partial charge in [-0.1, -0.05) is 41.9 Å². The summed E-state index contributed by atoms with van der Waals surface area (Å²) in [5.41, 5.74) is 3.37. The van der Waals surface area contributed by atoms with Crippen molar-refractivity contribution in [1.29, 1.82) is 0 Å². The Bertz CT molecular complexity index is 742. The highest BCUT2D eigenvalue weighted by Crippen LogP contribution is 2.56. The summed E-state index contributed by atoms with van der Waals surface area (Å²) in [5, 5.41) is 4.88. The van der Waals surface area contributed by atoms with Gasteiger partial charge in [-0.05, 0) is 54.7 Å². The van der Waals surface area contributed by atoms with Crippen molar-refractivity contribution < 1.29 is 0 Å². The van der Waals surface area contributed by atoms with Gasteiger partial charge in [0.15, 0.2) is 5.11 Å². The summed E-state index contributed by atoms with van der Waals surface area (Å²) in [7, 11) is 2.09. The van der Waals surface area contributed by atoms with Crippen LogP contribution in [-0.2, 0) is 5.54 Å². The molecule has 2 aromatic rings. The number of anilines is 1. The highest BCUT2D eigenvalue weighted by atomic mass is 35.5. The topological polar surface area (TPSA) is 15.3 Å². The Balaban J connectivity index is 2.04. The van der Waals surface area contributed by atoms with E-state index in [-0.39, 0.29) is 5.54 Å². The zero-order valence-electron chi connectivity index (χ0n) is 12.3. The number of fused-ring (bicyclic) bond motifs is 1. The first-order chi connectivity index (χ1) is 10.6. The van der Waals surface area contributed by atoms with E-state index in [0.29, 0.717) is 5.92 Å². The van der Waals surface area contributed by atoms with Crippen LogP contribution in [-0.4, -0.2) is 17.1 Å². The molecule has 4 rings (SSSR count). The second-order valence-electron chi connectivity index (χ2n) is 6.09. The van der Waals surface area contributed by atoms with Gasteiger partial charge in [-0.25, -0.2) is 0 Å². The summed E-state index contributed by atoms with van der Waals surface area (Å²) < 4.78 is 0. The van der Waals surface area contributed by atoms with Crippen LogP contribution in [0.4, 0.5) is 5.69 Å². The second kappa shape index (κ2) is 4.97. The van der Waals surface area contributed by atoms with Crippen molar-refractivity contribution in [3.63, 3.8) is 0 Å². The molecule has 1 N–H and O–H groups in total. The molecule has 1 atom stereocenters. The first kappa shape index (κ1) is 14.0. The molecule has 2 nitrogen and oxygen atoms in total. The fourth-order valence-electron chi connectivity index (χ4n) is 3.75. The molecule has 1 saturated carbocycles. The first-order valence-electron chi connectivity index (χ1n) is 7.54. The number of nitrogens with zero attached hydrogens (tertiary/aromatic N) is 1. The molecule has 0 saturated heterocycles. The molecule has 0 spiro atoms. The Kier molecular flexibility index (Phi) is 3.17. The molecule has 1 unspecified atom stereocenters. The molecule has 4 heteroatoms. The lowest BCUT2D eigenvalue weighted by Crippen LogP contribution is -2.54. The number of benzene rings is 2. The van der Waals surface area contributed by atoms with E-state index in [1.54, 1.807) is 0 Å². The van der Waals surface area contributed by atoms with Crippen LogP contribution >= 0.6 is 23.8 Å².